The molecule has 0 fully saturated rings. The van der Waals surface area contributed by atoms with Crippen LogP contribution in [0.25, 0.3) is 0 Å². The van der Waals surface area contributed by atoms with Crippen LogP contribution >= 0.6 is 0 Å². The van der Waals surface area contributed by atoms with Crippen LogP contribution < -0.4 is 0 Å². The van der Waals surface area contributed by atoms with Crippen LogP contribution in [0.1, 0.15) is 6.92 Å². The molecule has 0 aromatic heterocycles. The van der Waals surface area contributed by atoms with Gasteiger partial charge in [0.25, 0.3) is 0 Å². The molecule has 0 aliphatic heterocycles. The molecule has 0 saturated carbocycles. The van der Waals surface area contributed by atoms with E-state index in [9.17, 15) is 0 Å². The zero-order chi connectivity index (χ0) is 13.5. The number of hydrogen-bond acceptors (Lipinski definition) is 6. The van der Waals surface area contributed by atoms with Crippen LogP contribution in [0.15, 0.2) is 0 Å². The highest BCUT2D eigenvalue weighted by Crippen LogP contribution is 1.85. The minimum absolute atomic E-state index is 0.346. The lowest BCUT2D eigenvalue weighted by atomic mass is 10.4. The summed E-state index contributed by atoms with van der Waals surface area (Å²) in [6.45, 7) is 6.45. The molecule has 1 N–H and O–H groups in total. The Balaban J connectivity index is 2.90. The average molecular weight is 266 g/mol. The Morgan fingerprint density at radius 2 is 1.11 bits per heavy atom. The molecule has 0 heterocycles. The second kappa shape index (κ2) is 14.8. The molecule has 0 aliphatic carbocycles. The fourth-order valence-electron chi connectivity index (χ4n) is 1.06. The van der Waals surface area contributed by atoms with Gasteiger partial charge in [0.2, 0.25) is 0 Å². The number of aliphatic hydroxyl groups excluding tert-OH is 1. The molecule has 6 nitrogen and oxygen atoms in total. The third kappa shape index (κ3) is 15.8. The average Bonchev–Trinajstić information content (AvgIpc) is 2.34. The van der Waals surface area contributed by atoms with Gasteiger partial charge in [-0.3, -0.25) is 0 Å². The monoisotopic (exact) mass is 266 g/mol. The molecule has 0 aromatic carbocycles. The van der Waals surface area contributed by atoms with Crippen molar-refractivity contribution < 1.29 is 28.8 Å². The summed E-state index contributed by atoms with van der Waals surface area (Å²) in [5.41, 5.74) is 0. The Hall–Kier alpha value is -0.240. The van der Waals surface area contributed by atoms with Gasteiger partial charge in [0, 0.05) is 7.11 Å². The van der Waals surface area contributed by atoms with Crippen molar-refractivity contribution in [2.75, 3.05) is 66.6 Å². The van der Waals surface area contributed by atoms with Gasteiger partial charge in [-0.1, -0.05) is 0 Å². The number of aliphatic hydroxyl groups is 1. The van der Waals surface area contributed by atoms with Crippen molar-refractivity contribution in [1.82, 2.24) is 0 Å². The molecule has 0 amide bonds. The SMILES string of the molecule is COCCOCCOCCOCCOC[C@@H](C)O. The maximum Gasteiger partial charge on any atom is 0.0745 e. The molecule has 0 spiro atoms. The molecule has 6 heteroatoms. The zero-order valence-electron chi connectivity index (χ0n) is 11.4. The lowest BCUT2D eigenvalue weighted by Gasteiger charge is -2.08. The van der Waals surface area contributed by atoms with Crippen LogP contribution in [-0.2, 0) is 23.7 Å². The van der Waals surface area contributed by atoms with Crippen LogP contribution in [0.4, 0.5) is 0 Å². The van der Waals surface area contributed by atoms with Crippen molar-refractivity contribution in [2.45, 2.75) is 13.0 Å². The summed E-state index contributed by atoms with van der Waals surface area (Å²) in [4.78, 5) is 0. The van der Waals surface area contributed by atoms with E-state index in [2.05, 4.69) is 0 Å². The van der Waals surface area contributed by atoms with Gasteiger partial charge in [0.15, 0.2) is 0 Å². The van der Waals surface area contributed by atoms with E-state index in [0.717, 1.165) is 0 Å². The van der Waals surface area contributed by atoms with E-state index < -0.39 is 6.10 Å². The van der Waals surface area contributed by atoms with Crippen molar-refractivity contribution in [2.24, 2.45) is 0 Å². The largest absolute Gasteiger partial charge is 0.391 e. The van der Waals surface area contributed by atoms with E-state index in [1.807, 2.05) is 0 Å². The number of ether oxygens (including phenoxy) is 5. The van der Waals surface area contributed by atoms with Crippen molar-refractivity contribution >= 4 is 0 Å². The van der Waals surface area contributed by atoms with E-state index >= 15 is 0 Å². The first kappa shape index (κ1) is 17.8. The third-order valence-corrected chi connectivity index (χ3v) is 1.91. The second-order valence-corrected chi connectivity index (χ2v) is 3.75. The maximum atomic E-state index is 8.92. The lowest BCUT2D eigenvalue weighted by molar-refractivity contribution is -0.0172. The van der Waals surface area contributed by atoms with E-state index in [-0.39, 0.29) is 0 Å². The van der Waals surface area contributed by atoms with Gasteiger partial charge in [-0.25, -0.2) is 0 Å². The highest BCUT2D eigenvalue weighted by molar-refractivity contribution is 4.41. The van der Waals surface area contributed by atoms with Crippen molar-refractivity contribution in [3.8, 4) is 0 Å². The molecule has 1 atom stereocenters. The Morgan fingerprint density at radius 1 is 0.722 bits per heavy atom. The van der Waals surface area contributed by atoms with Crippen LogP contribution in [0.3, 0.4) is 0 Å². The number of hydrogen-bond donors (Lipinski definition) is 1. The molecule has 0 saturated heterocycles. The van der Waals surface area contributed by atoms with Crippen molar-refractivity contribution in [3.63, 3.8) is 0 Å². The zero-order valence-corrected chi connectivity index (χ0v) is 11.4. The summed E-state index contributed by atoms with van der Waals surface area (Å²) in [5.74, 6) is 0. The van der Waals surface area contributed by atoms with E-state index in [0.29, 0.717) is 59.5 Å². The molecular formula is C12H26O6. The van der Waals surface area contributed by atoms with Gasteiger partial charge < -0.3 is 28.8 Å². The summed E-state index contributed by atoms with van der Waals surface area (Å²) in [6.07, 6.45) is -0.425. The molecule has 0 aromatic rings. The maximum absolute atomic E-state index is 8.92. The molecule has 0 bridgehead atoms. The Kier molecular flexibility index (Phi) is 14.6. The first-order valence-corrected chi connectivity index (χ1v) is 6.25. The number of rotatable bonds is 14. The second-order valence-electron chi connectivity index (χ2n) is 3.75. The molecule has 0 rings (SSSR count). The minimum atomic E-state index is -0.425. The fraction of sp³-hybridized carbons (Fsp3) is 1.00. The molecule has 0 unspecified atom stereocenters. The third-order valence-electron chi connectivity index (χ3n) is 1.91. The first-order valence-electron chi connectivity index (χ1n) is 6.25. The van der Waals surface area contributed by atoms with E-state index in [1.165, 1.54) is 0 Å². The van der Waals surface area contributed by atoms with Gasteiger partial charge in [0.1, 0.15) is 0 Å². The van der Waals surface area contributed by atoms with E-state index in [1.54, 1.807) is 14.0 Å². The predicted octanol–water partition coefficient (Wildman–Crippen LogP) is 0.0800. The summed E-state index contributed by atoms with van der Waals surface area (Å²) >= 11 is 0. The smallest absolute Gasteiger partial charge is 0.0745 e. The van der Waals surface area contributed by atoms with Crippen LogP contribution in [0.2, 0.25) is 0 Å². The molecule has 110 valence electrons. The first-order chi connectivity index (χ1) is 8.77. The summed E-state index contributed by atoms with van der Waals surface area (Å²) in [7, 11) is 1.64. The van der Waals surface area contributed by atoms with Crippen molar-refractivity contribution in [3.05, 3.63) is 0 Å². The molecule has 0 radical (unpaired) electrons. The van der Waals surface area contributed by atoms with Crippen LogP contribution in [-0.4, -0.2) is 77.8 Å². The normalized spacial score (nSPS) is 12.8. The highest BCUT2D eigenvalue weighted by atomic mass is 16.6. The van der Waals surface area contributed by atoms with Crippen LogP contribution in [0.5, 0.6) is 0 Å². The predicted molar refractivity (Wildman–Crippen MR) is 66.8 cm³/mol. The molecular weight excluding hydrogens is 240 g/mol. The summed E-state index contributed by atoms with van der Waals surface area (Å²) in [6, 6.07) is 0. The Labute approximate surface area is 109 Å². The lowest BCUT2D eigenvalue weighted by Crippen LogP contribution is -2.15. The van der Waals surface area contributed by atoms with Gasteiger partial charge >= 0.3 is 0 Å². The summed E-state index contributed by atoms with van der Waals surface area (Å²) < 4.78 is 25.7. The Bertz CT molecular complexity index is 154. The van der Waals surface area contributed by atoms with Crippen molar-refractivity contribution in [1.29, 1.82) is 0 Å². The number of methoxy groups -OCH3 is 1. The molecule has 18 heavy (non-hydrogen) atoms. The van der Waals surface area contributed by atoms with Crippen LogP contribution in [0, 0.1) is 0 Å². The minimum Gasteiger partial charge on any atom is -0.391 e. The Morgan fingerprint density at radius 3 is 1.50 bits per heavy atom. The van der Waals surface area contributed by atoms with E-state index in [4.69, 9.17) is 28.8 Å². The topological polar surface area (TPSA) is 66.4 Å². The highest BCUT2D eigenvalue weighted by Gasteiger charge is 1.95. The quantitative estimate of drug-likeness (QED) is 0.449. The standard InChI is InChI=1S/C12H26O6/c1-12(13)11-18-10-9-17-8-7-16-6-5-15-4-3-14-2/h12-13H,3-11H2,1-2H3/t12-/m1/s1. The van der Waals surface area contributed by atoms with Gasteiger partial charge in [-0.15, -0.1) is 0 Å². The van der Waals surface area contributed by atoms with Gasteiger partial charge in [-0.2, -0.15) is 0 Å². The van der Waals surface area contributed by atoms with Gasteiger partial charge in [0.05, 0.1) is 65.6 Å². The fourth-order valence-corrected chi connectivity index (χ4v) is 1.06. The van der Waals surface area contributed by atoms with Gasteiger partial charge in [-0.05, 0) is 6.92 Å². The molecule has 0 aliphatic rings. The summed E-state index contributed by atoms with van der Waals surface area (Å²) in [5, 5.41) is 8.92.